The first kappa shape index (κ1) is 14.0. The minimum absolute atomic E-state index is 0.286. The van der Waals surface area contributed by atoms with Crippen LogP contribution in [0, 0.1) is 0 Å². The molecule has 2 aromatic carbocycles. The van der Waals surface area contributed by atoms with Gasteiger partial charge in [-0.1, -0.05) is 42.5 Å². The topological polar surface area (TPSA) is 24.5 Å². The quantitative estimate of drug-likeness (QED) is 0.925. The Hall–Kier alpha value is -2.00. The molecule has 1 unspecified atom stereocenters. The Morgan fingerprint density at radius 1 is 0.952 bits per heavy atom. The fourth-order valence-electron chi connectivity index (χ4n) is 2.73. The van der Waals surface area contributed by atoms with Gasteiger partial charge in [0.1, 0.15) is 0 Å². The summed E-state index contributed by atoms with van der Waals surface area (Å²) >= 11 is 0. The smallest absolute Gasteiger partial charge is 0.0642 e. The van der Waals surface area contributed by atoms with E-state index in [-0.39, 0.29) is 6.04 Å². The van der Waals surface area contributed by atoms with Crippen LogP contribution in [0.25, 0.3) is 0 Å². The minimum Gasteiger partial charge on any atom is -0.378 e. The van der Waals surface area contributed by atoms with E-state index in [9.17, 15) is 0 Å². The lowest BCUT2D eigenvalue weighted by Crippen LogP contribution is -2.36. The molecular formula is C18H22N2O. The van der Waals surface area contributed by atoms with Crippen LogP contribution >= 0.6 is 0 Å². The van der Waals surface area contributed by atoms with E-state index in [1.165, 1.54) is 16.9 Å². The second-order valence-electron chi connectivity index (χ2n) is 5.39. The van der Waals surface area contributed by atoms with Crippen LogP contribution in [0.1, 0.15) is 18.5 Å². The van der Waals surface area contributed by atoms with Gasteiger partial charge in [-0.05, 0) is 24.6 Å². The van der Waals surface area contributed by atoms with E-state index in [2.05, 4.69) is 71.7 Å². The van der Waals surface area contributed by atoms with E-state index in [4.69, 9.17) is 4.74 Å². The number of morpholine rings is 1. The van der Waals surface area contributed by atoms with Crippen molar-refractivity contribution in [2.45, 2.75) is 13.0 Å². The Bertz CT molecular complexity index is 564. The predicted octanol–water partition coefficient (Wildman–Crippen LogP) is 3.70. The van der Waals surface area contributed by atoms with E-state index in [1.807, 2.05) is 0 Å². The fraction of sp³-hybridized carbons (Fsp3) is 0.333. The normalized spacial score (nSPS) is 16.5. The first-order chi connectivity index (χ1) is 10.3. The number of nitrogens with one attached hydrogen (secondary N) is 1. The third kappa shape index (κ3) is 3.37. The van der Waals surface area contributed by atoms with Gasteiger partial charge in [-0.3, -0.25) is 0 Å². The predicted molar refractivity (Wildman–Crippen MR) is 88.0 cm³/mol. The molecule has 1 fully saturated rings. The van der Waals surface area contributed by atoms with Gasteiger partial charge < -0.3 is 15.0 Å². The van der Waals surface area contributed by atoms with E-state index in [0.29, 0.717) is 0 Å². The number of para-hydroxylation sites is 2. The summed E-state index contributed by atoms with van der Waals surface area (Å²) in [5.74, 6) is 0. The van der Waals surface area contributed by atoms with E-state index >= 15 is 0 Å². The van der Waals surface area contributed by atoms with Crippen LogP contribution < -0.4 is 10.2 Å². The molecule has 0 saturated carbocycles. The van der Waals surface area contributed by atoms with Crippen LogP contribution in [-0.2, 0) is 4.74 Å². The summed E-state index contributed by atoms with van der Waals surface area (Å²) in [5.41, 5.74) is 3.76. The summed E-state index contributed by atoms with van der Waals surface area (Å²) in [7, 11) is 0. The summed E-state index contributed by atoms with van der Waals surface area (Å²) in [6.45, 7) is 5.73. The molecule has 1 atom stereocenters. The standard InChI is InChI=1S/C18H22N2O/c1-15(16-7-3-2-4-8-16)19-17-9-5-6-10-18(17)20-11-13-21-14-12-20/h2-10,15,19H,11-14H2,1H3. The molecule has 1 aliphatic heterocycles. The molecule has 1 heterocycles. The number of benzene rings is 2. The Morgan fingerprint density at radius 3 is 2.38 bits per heavy atom. The lowest BCUT2D eigenvalue weighted by Gasteiger charge is -2.31. The molecule has 0 radical (unpaired) electrons. The van der Waals surface area contributed by atoms with Crippen molar-refractivity contribution in [3.05, 3.63) is 60.2 Å². The molecule has 1 N–H and O–H groups in total. The van der Waals surface area contributed by atoms with Crippen LogP contribution in [0.2, 0.25) is 0 Å². The summed E-state index contributed by atoms with van der Waals surface area (Å²) in [5, 5.41) is 3.64. The Labute approximate surface area is 126 Å². The lowest BCUT2D eigenvalue weighted by molar-refractivity contribution is 0.123. The van der Waals surface area contributed by atoms with Gasteiger partial charge in [0.2, 0.25) is 0 Å². The highest BCUT2D eigenvalue weighted by Crippen LogP contribution is 2.29. The molecule has 3 heteroatoms. The lowest BCUT2D eigenvalue weighted by atomic mass is 10.1. The minimum atomic E-state index is 0.286. The highest BCUT2D eigenvalue weighted by atomic mass is 16.5. The molecule has 0 aliphatic carbocycles. The van der Waals surface area contributed by atoms with Gasteiger partial charge in [0.15, 0.2) is 0 Å². The van der Waals surface area contributed by atoms with E-state index in [1.54, 1.807) is 0 Å². The second-order valence-corrected chi connectivity index (χ2v) is 5.39. The van der Waals surface area contributed by atoms with Crippen LogP contribution in [0.4, 0.5) is 11.4 Å². The molecule has 0 bridgehead atoms. The first-order valence-corrected chi connectivity index (χ1v) is 7.58. The van der Waals surface area contributed by atoms with Gasteiger partial charge in [0.25, 0.3) is 0 Å². The first-order valence-electron chi connectivity index (χ1n) is 7.58. The van der Waals surface area contributed by atoms with Crippen molar-refractivity contribution in [1.29, 1.82) is 0 Å². The number of hydrogen-bond donors (Lipinski definition) is 1. The maximum Gasteiger partial charge on any atom is 0.0642 e. The Kier molecular flexibility index (Phi) is 4.41. The van der Waals surface area contributed by atoms with Crippen molar-refractivity contribution >= 4 is 11.4 Å². The van der Waals surface area contributed by atoms with Gasteiger partial charge >= 0.3 is 0 Å². The molecule has 3 nitrogen and oxygen atoms in total. The zero-order valence-electron chi connectivity index (χ0n) is 12.5. The van der Waals surface area contributed by atoms with Gasteiger partial charge in [-0.15, -0.1) is 0 Å². The average molecular weight is 282 g/mol. The molecule has 110 valence electrons. The third-order valence-corrected chi connectivity index (χ3v) is 3.93. The number of anilines is 2. The van der Waals surface area contributed by atoms with Gasteiger partial charge in [0.05, 0.1) is 24.6 Å². The van der Waals surface area contributed by atoms with Gasteiger partial charge in [-0.2, -0.15) is 0 Å². The number of ether oxygens (including phenoxy) is 1. The van der Waals surface area contributed by atoms with E-state index in [0.717, 1.165) is 26.3 Å². The molecule has 21 heavy (non-hydrogen) atoms. The van der Waals surface area contributed by atoms with Crippen molar-refractivity contribution < 1.29 is 4.74 Å². The van der Waals surface area contributed by atoms with Crippen LogP contribution in [0.5, 0.6) is 0 Å². The van der Waals surface area contributed by atoms with Crippen molar-refractivity contribution in [3.8, 4) is 0 Å². The monoisotopic (exact) mass is 282 g/mol. The number of hydrogen-bond acceptors (Lipinski definition) is 3. The van der Waals surface area contributed by atoms with Crippen molar-refractivity contribution in [2.75, 3.05) is 36.5 Å². The molecule has 0 aromatic heterocycles. The largest absolute Gasteiger partial charge is 0.378 e. The van der Waals surface area contributed by atoms with Crippen LogP contribution in [-0.4, -0.2) is 26.3 Å². The Balaban J connectivity index is 1.79. The molecule has 2 aromatic rings. The van der Waals surface area contributed by atoms with Gasteiger partial charge in [0, 0.05) is 19.1 Å². The molecule has 0 amide bonds. The van der Waals surface area contributed by atoms with Crippen molar-refractivity contribution in [1.82, 2.24) is 0 Å². The zero-order valence-corrected chi connectivity index (χ0v) is 12.5. The number of rotatable bonds is 4. The molecule has 3 rings (SSSR count). The fourth-order valence-corrected chi connectivity index (χ4v) is 2.73. The van der Waals surface area contributed by atoms with Crippen LogP contribution in [0.3, 0.4) is 0 Å². The molecular weight excluding hydrogens is 260 g/mol. The highest BCUT2D eigenvalue weighted by molar-refractivity contribution is 5.70. The highest BCUT2D eigenvalue weighted by Gasteiger charge is 2.15. The summed E-state index contributed by atoms with van der Waals surface area (Å²) in [6.07, 6.45) is 0. The van der Waals surface area contributed by atoms with Crippen LogP contribution in [0.15, 0.2) is 54.6 Å². The average Bonchev–Trinajstić information content (AvgIpc) is 2.57. The molecule has 1 saturated heterocycles. The SMILES string of the molecule is CC(Nc1ccccc1N1CCOCC1)c1ccccc1. The maximum absolute atomic E-state index is 5.45. The molecule has 0 spiro atoms. The van der Waals surface area contributed by atoms with Crippen molar-refractivity contribution in [3.63, 3.8) is 0 Å². The van der Waals surface area contributed by atoms with E-state index < -0.39 is 0 Å². The maximum atomic E-state index is 5.45. The second kappa shape index (κ2) is 6.64. The Morgan fingerprint density at radius 2 is 1.62 bits per heavy atom. The summed E-state index contributed by atoms with van der Waals surface area (Å²) in [6, 6.07) is 19.4. The number of nitrogens with zero attached hydrogens (tertiary/aromatic N) is 1. The summed E-state index contributed by atoms with van der Waals surface area (Å²) in [4.78, 5) is 2.39. The van der Waals surface area contributed by atoms with Gasteiger partial charge in [-0.25, -0.2) is 0 Å². The zero-order chi connectivity index (χ0) is 14.5. The summed E-state index contributed by atoms with van der Waals surface area (Å²) < 4.78 is 5.45. The third-order valence-electron chi connectivity index (χ3n) is 3.93. The van der Waals surface area contributed by atoms with Crippen molar-refractivity contribution in [2.24, 2.45) is 0 Å². The molecule has 1 aliphatic rings.